The number of carbonyl (C=O) groups excluding carboxylic acids is 1. The predicted octanol–water partition coefficient (Wildman–Crippen LogP) is 1.85. The summed E-state index contributed by atoms with van der Waals surface area (Å²) < 4.78 is 0. The fourth-order valence-electron chi connectivity index (χ4n) is 3.21. The minimum Gasteiger partial charge on any atom is -0.348 e. The topological polar surface area (TPSA) is 44.4 Å². The molecule has 1 aliphatic rings. The highest BCUT2D eigenvalue weighted by molar-refractivity contribution is 5.78. The molecular weight excluding hydrogens is 262 g/mol. The van der Waals surface area contributed by atoms with Crippen LogP contribution in [-0.4, -0.2) is 42.5 Å². The monoisotopic (exact) mass is 289 g/mol. The molecule has 0 saturated carbocycles. The second kappa shape index (κ2) is 7.05. The lowest BCUT2D eigenvalue weighted by Gasteiger charge is -2.35. The van der Waals surface area contributed by atoms with Crippen molar-refractivity contribution in [1.29, 1.82) is 0 Å². The number of hydrogen-bond acceptors (Lipinski definition) is 3. The lowest BCUT2D eigenvalue weighted by Crippen LogP contribution is -2.56. The van der Waals surface area contributed by atoms with Gasteiger partial charge in [0, 0.05) is 25.2 Å². The average Bonchev–Trinajstić information content (AvgIpc) is 2.37. The maximum Gasteiger partial charge on any atom is 0.234 e. The van der Waals surface area contributed by atoms with E-state index in [0.717, 1.165) is 13.1 Å². The Morgan fingerprint density at radius 1 is 1.33 bits per heavy atom. The summed E-state index contributed by atoms with van der Waals surface area (Å²) in [7, 11) is 0. The van der Waals surface area contributed by atoms with Gasteiger partial charge < -0.3 is 10.6 Å². The summed E-state index contributed by atoms with van der Waals surface area (Å²) >= 11 is 0. The Hall–Kier alpha value is -1.39. The number of aryl methyl sites for hydroxylation is 1. The van der Waals surface area contributed by atoms with Gasteiger partial charge in [0.25, 0.3) is 0 Å². The summed E-state index contributed by atoms with van der Waals surface area (Å²) in [5.41, 5.74) is 2.41. The van der Waals surface area contributed by atoms with E-state index in [1.165, 1.54) is 11.1 Å². The molecule has 1 saturated heterocycles. The minimum atomic E-state index is 0.0523. The molecule has 0 aliphatic carbocycles. The Balaban J connectivity index is 1.88. The van der Waals surface area contributed by atoms with Gasteiger partial charge >= 0.3 is 0 Å². The lowest BCUT2D eigenvalue weighted by molar-refractivity contribution is -0.123. The maximum atomic E-state index is 12.2. The zero-order valence-corrected chi connectivity index (χ0v) is 13.5. The van der Waals surface area contributed by atoms with Crippen LogP contribution in [0.15, 0.2) is 24.3 Å². The first-order valence-corrected chi connectivity index (χ1v) is 7.79. The summed E-state index contributed by atoms with van der Waals surface area (Å²) in [6, 6.07) is 9.14. The molecule has 3 unspecified atom stereocenters. The quantitative estimate of drug-likeness (QED) is 0.889. The molecular formula is C17H27N3O. The van der Waals surface area contributed by atoms with Gasteiger partial charge in [-0.25, -0.2) is 0 Å². The second-order valence-electron chi connectivity index (χ2n) is 6.31. The van der Waals surface area contributed by atoms with Crippen molar-refractivity contribution in [3.05, 3.63) is 35.4 Å². The van der Waals surface area contributed by atoms with Gasteiger partial charge in [0.1, 0.15) is 0 Å². The highest BCUT2D eigenvalue weighted by Gasteiger charge is 2.23. The highest BCUT2D eigenvalue weighted by atomic mass is 16.2. The fraction of sp³-hybridized carbons (Fsp3) is 0.588. The normalized spacial score (nSPS) is 24.6. The molecule has 1 fully saturated rings. The van der Waals surface area contributed by atoms with Crippen LogP contribution < -0.4 is 10.6 Å². The zero-order chi connectivity index (χ0) is 15.4. The van der Waals surface area contributed by atoms with Gasteiger partial charge in [-0.1, -0.05) is 24.3 Å². The largest absolute Gasteiger partial charge is 0.348 e. The Morgan fingerprint density at radius 2 is 1.95 bits per heavy atom. The van der Waals surface area contributed by atoms with Crippen LogP contribution in [0.1, 0.15) is 37.9 Å². The number of piperazine rings is 1. The van der Waals surface area contributed by atoms with E-state index in [0.29, 0.717) is 18.6 Å². The molecule has 0 radical (unpaired) electrons. The van der Waals surface area contributed by atoms with Crippen molar-refractivity contribution >= 4 is 5.91 Å². The van der Waals surface area contributed by atoms with E-state index in [-0.39, 0.29) is 11.9 Å². The number of hydrogen-bond donors (Lipinski definition) is 2. The molecule has 0 bridgehead atoms. The van der Waals surface area contributed by atoms with E-state index in [1.54, 1.807) is 0 Å². The molecule has 1 heterocycles. The van der Waals surface area contributed by atoms with Gasteiger partial charge in [-0.05, 0) is 38.8 Å². The third-order valence-electron chi connectivity index (χ3n) is 4.03. The Morgan fingerprint density at radius 3 is 2.57 bits per heavy atom. The van der Waals surface area contributed by atoms with Crippen molar-refractivity contribution in [3.8, 4) is 0 Å². The number of carbonyl (C=O) groups is 1. The SMILES string of the molecule is Cc1ccccc1C(C)NC(=O)CN1CC(C)NC(C)C1. The maximum absolute atomic E-state index is 12.2. The van der Waals surface area contributed by atoms with Crippen LogP contribution in [0.3, 0.4) is 0 Å². The van der Waals surface area contributed by atoms with Crippen molar-refractivity contribution in [2.24, 2.45) is 0 Å². The van der Waals surface area contributed by atoms with E-state index in [9.17, 15) is 4.79 Å². The van der Waals surface area contributed by atoms with Crippen molar-refractivity contribution in [3.63, 3.8) is 0 Å². The molecule has 116 valence electrons. The molecule has 3 atom stereocenters. The number of benzene rings is 1. The number of amides is 1. The highest BCUT2D eigenvalue weighted by Crippen LogP contribution is 2.16. The van der Waals surface area contributed by atoms with E-state index in [1.807, 2.05) is 19.1 Å². The van der Waals surface area contributed by atoms with Gasteiger partial charge in [-0.2, -0.15) is 0 Å². The third kappa shape index (κ3) is 4.55. The van der Waals surface area contributed by atoms with E-state index >= 15 is 0 Å². The predicted molar refractivity (Wildman–Crippen MR) is 86.2 cm³/mol. The molecule has 21 heavy (non-hydrogen) atoms. The van der Waals surface area contributed by atoms with E-state index in [4.69, 9.17) is 0 Å². The standard InChI is InChI=1S/C17H27N3O/c1-12-7-5-6-8-16(12)15(4)19-17(21)11-20-9-13(2)18-14(3)10-20/h5-8,13-15,18H,9-11H2,1-4H3,(H,19,21). The molecule has 1 aromatic carbocycles. The molecule has 1 amide bonds. The number of rotatable bonds is 4. The molecule has 1 aromatic rings. The Kier molecular flexibility index (Phi) is 5.37. The Bertz CT molecular complexity index is 479. The van der Waals surface area contributed by atoms with Crippen LogP contribution in [0.2, 0.25) is 0 Å². The van der Waals surface area contributed by atoms with Crippen molar-refractivity contribution < 1.29 is 4.79 Å². The van der Waals surface area contributed by atoms with E-state index < -0.39 is 0 Å². The van der Waals surface area contributed by atoms with Crippen LogP contribution >= 0.6 is 0 Å². The van der Waals surface area contributed by atoms with Crippen molar-refractivity contribution in [2.45, 2.75) is 45.8 Å². The first-order chi connectivity index (χ1) is 9.95. The zero-order valence-electron chi connectivity index (χ0n) is 13.5. The smallest absolute Gasteiger partial charge is 0.234 e. The second-order valence-corrected chi connectivity index (χ2v) is 6.31. The van der Waals surface area contributed by atoms with Gasteiger partial charge in [-0.15, -0.1) is 0 Å². The van der Waals surface area contributed by atoms with Gasteiger partial charge in [0.05, 0.1) is 12.6 Å². The number of nitrogens with one attached hydrogen (secondary N) is 2. The average molecular weight is 289 g/mol. The van der Waals surface area contributed by atoms with Gasteiger partial charge in [0.2, 0.25) is 5.91 Å². The first-order valence-electron chi connectivity index (χ1n) is 7.79. The van der Waals surface area contributed by atoms with Crippen LogP contribution in [0, 0.1) is 6.92 Å². The lowest BCUT2D eigenvalue weighted by atomic mass is 10.0. The summed E-state index contributed by atoms with van der Waals surface area (Å²) in [6.45, 7) is 10.8. The Labute approximate surface area is 127 Å². The van der Waals surface area contributed by atoms with Crippen molar-refractivity contribution in [2.75, 3.05) is 19.6 Å². The molecule has 0 spiro atoms. The molecule has 4 heteroatoms. The van der Waals surface area contributed by atoms with Gasteiger partial charge in [-0.3, -0.25) is 9.69 Å². The molecule has 4 nitrogen and oxygen atoms in total. The van der Waals surface area contributed by atoms with Crippen molar-refractivity contribution in [1.82, 2.24) is 15.5 Å². The third-order valence-corrected chi connectivity index (χ3v) is 4.03. The summed E-state index contributed by atoms with van der Waals surface area (Å²) in [4.78, 5) is 14.5. The summed E-state index contributed by atoms with van der Waals surface area (Å²) in [6.07, 6.45) is 0. The molecule has 2 N–H and O–H groups in total. The van der Waals surface area contributed by atoms with Crippen LogP contribution in [-0.2, 0) is 4.79 Å². The van der Waals surface area contributed by atoms with E-state index in [2.05, 4.69) is 48.4 Å². The van der Waals surface area contributed by atoms with Gasteiger partial charge in [0.15, 0.2) is 0 Å². The minimum absolute atomic E-state index is 0.0523. The summed E-state index contributed by atoms with van der Waals surface area (Å²) in [5.74, 6) is 0.104. The van der Waals surface area contributed by atoms with Crippen LogP contribution in [0.5, 0.6) is 0 Å². The fourth-order valence-corrected chi connectivity index (χ4v) is 3.21. The first kappa shape index (κ1) is 16.0. The number of nitrogens with zero attached hydrogens (tertiary/aromatic N) is 1. The van der Waals surface area contributed by atoms with Crippen LogP contribution in [0.4, 0.5) is 0 Å². The molecule has 0 aromatic heterocycles. The molecule has 2 rings (SSSR count). The molecule has 1 aliphatic heterocycles. The summed E-state index contributed by atoms with van der Waals surface area (Å²) in [5, 5.41) is 6.60. The van der Waals surface area contributed by atoms with Crippen LogP contribution in [0.25, 0.3) is 0 Å².